The van der Waals surface area contributed by atoms with Crippen molar-refractivity contribution in [3.05, 3.63) is 34.9 Å². The lowest BCUT2D eigenvalue weighted by Crippen LogP contribution is -2.48. The van der Waals surface area contributed by atoms with Gasteiger partial charge in [-0.1, -0.05) is 6.07 Å². The summed E-state index contributed by atoms with van der Waals surface area (Å²) >= 11 is 0. The molecule has 3 rings (SSSR count). The lowest BCUT2D eigenvalue weighted by atomic mass is 9.98. The summed E-state index contributed by atoms with van der Waals surface area (Å²) in [5, 5.41) is 11.9. The molecule has 0 spiro atoms. The molecule has 120 valence electrons. The fraction of sp³-hybridized carbons (Fsp3) is 0.500. The van der Waals surface area contributed by atoms with E-state index in [9.17, 15) is 14.9 Å². The van der Waals surface area contributed by atoms with Crippen molar-refractivity contribution in [2.24, 2.45) is 5.92 Å². The van der Waals surface area contributed by atoms with Gasteiger partial charge in [-0.3, -0.25) is 4.79 Å². The third kappa shape index (κ3) is 3.37. The Bertz CT molecular complexity index is 688. The molecule has 0 aromatic heterocycles. The third-order valence-electron chi connectivity index (χ3n) is 4.69. The Morgan fingerprint density at radius 3 is 2.78 bits per heavy atom. The summed E-state index contributed by atoms with van der Waals surface area (Å²) in [5.74, 6) is -0.737. The van der Waals surface area contributed by atoms with Gasteiger partial charge in [0.15, 0.2) is 6.61 Å². The highest BCUT2D eigenvalue weighted by Gasteiger charge is 2.43. The Balaban J connectivity index is 1.54. The molecule has 0 saturated heterocycles. The summed E-state index contributed by atoms with van der Waals surface area (Å²) < 4.78 is 5.08. The topological polar surface area (TPSA) is 79.2 Å². The van der Waals surface area contributed by atoms with Crippen LogP contribution < -0.4 is 5.32 Å². The van der Waals surface area contributed by atoms with Crippen LogP contribution in [0.1, 0.15) is 47.7 Å². The summed E-state index contributed by atoms with van der Waals surface area (Å²) in [5.41, 5.74) is 2.09. The monoisotopic (exact) mass is 312 g/mol. The first-order chi connectivity index (χ1) is 11.0. The molecule has 5 heteroatoms. The summed E-state index contributed by atoms with van der Waals surface area (Å²) in [4.78, 5) is 24.0. The lowest BCUT2D eigenvalue weighted by Gasteiger charge is -2.22. The quantitative estimate of drug-likeness (QED) is 0.845. The molecule has 1 amide bonds. The van der Waals surface area contributed by atoms with Crippen molar-refractivity contribution in [3.63, 3.8) is 0 Å². The SMILES string of the molecule is C[C@@](C#N)(NC(=O)COC(=O)c1ccc2c(c1)CCC2)C1CC1. The van der Waals surface area contributed by atoms with Crippen molar-refractivity contribution in [2.75, 3.05) is 6.61 Å². The Morgan fingerprint density at radius 2 is 2.09 bits per heavy atom. The number of amides is 1. The van der Waals surface area contributed by atoms with Crippen LogP contribution in [0.4, 0.5) is 0 Å². The molecule has 0 aliphatic heterocycles. The predicted octanol–water partition coefficient (Wildman–Crippen LogP) is 2.14. The van der Waals surface area contributed by atoms with Gasteiger partial charge in [0.2, 0.25) is 0 Å². The van der Waals surface area contributed by atoms with E-state index in [1.54, 1.807) is 13.0 Å². The van der Waals surface area contributed by atoms with E-state index >= 15 is 0 Å². The van der Waals surface area contributed by atoms with E-state index in [0.29, 0.717) is 5.56 Å². The average molecular weight is 312 g/mol. The van der Waals surface area contributed by atoms with Crippen LogP contribution in [0, 0.1) is 17.2 Å². The minimum atomic E-state index is -0.864. The van der Waals surface area contributed by atoms with Crippen LogP contribution in [0.5, 0.6) is 0 Å². The largest absolute Gasteiger partial charge is 0.452 e. The first-order valence-electron chi connectivity index (χ1n) is 8.03. The molecule has 0 radical (unpaired) electrons. The molecule has 1 atom stereocenters. The smallest absolute Gasteiger partial charge is 0.338 e. The second-order valence-corrected chi connectivity index (χ2v) is 6.55. The van der Waals surface area contributed by atoms with E-state index in [2.05, 4.69) is 11.4 Å². The molecular formula is C18H20N2O3. The predicted molar refractivity (Wildman–Crippen MR) is 83.6 cm³/mol. The number of hydrogen-bond donors (Lipinski definition) is 1. The van der Waals surface area contributed by atoms with Crippen LogP contribution in [0.3, 0.4) is 0 Å². The van der Waals surface area contributed by atoms with Crippen molar-refractivity contribution < 1.29 is 14.3 Å². The molecule has 1 saturated carbocycles. The molecular weight excluding hydrogens is 292 g/mol. The van der Waals surface area contributed by atoms with Crippen LogP contribution in [0.15, 0.2) is 18.2 Å². The summed E-state index contributed by atoms with van der Waals surface area (Å²) in [6.07, 6.45) is 5.04. The van der Waals surface area contributed by atoms with E-state index in [4.69, 9.17) is 4.74 Å². The lowest BCUT2D eigenvalue weighted by molar-refractivity contribution is -0.125. The van der Waals surface area contributed by atoms with Gasteiger partial charge in [-0.15, -0.1) is 0 Å². The number of aryl methyl sites for hydroxylation is 2. The van der Waals surface area contributed by atoms with Gasteiger partial charge in [0, 0.05) is 0 Å². The average Bonchev–Trinajstić information content (AvgIpc) is 3.31. The summed E-state index contributed by atoms with van der Waals surface area (Å²) in [6.45, 7) is 1.35. The molecule has 1 aromatic rings. The van der Waals surface area contributed by atoms with Crippen molar-refractivity contribution in [1.29, 1.82) is 5.26 Å². The van der Waals surface area contributed by atoms with Crippen molar-refractivity contribution in [1.82, 2.24) is 5.32 Å². The summed E-state index contributed by atoms with van der Waals surface area (Å²) in [6, 6.07) is 7.70. The zero-order valence-electron chi connectivity index (χ0n) is 13.2. The Hall–Kier alpha value is -2.35. The number of nitriles is 1. The molecule has 23 heavy (non-hydrogen) atoms. The van der Waals surface area contributed by atoms with Crippen LogP contribution in [0.25, 0.3) is 0 Å². The van der Waals surface area contributed by atoms with Gasteiger partial charge in [-0.25, -0.2) is 4.79 Å². The fourth-order valence-corrected chi connectivity index (χ4v) is 3.12. The maximum Gasteiger partial charge on any atom is 0.338 e. The van der Waals surface area contributed by atoms with Crippen LogP contribution in [0.2, 0.25) is 0 Å². The number of hydrogen-bond acceptors (Lipinski definition) is 4. The van der Waals surface area contributed by atoms with Gasteiger partial charge < -0.3 is 10.1 Å². The molecule has 2 aliphatic rings. The zero-order chi connectivity index (χ0) is 16.4. The Kier molecular flexibility index (Phi) is 4.08. The third-order valence-corrected chi connectivity index (χ3v) is 4.69. The number of nitrogens with zero attached hydrogens (tertiary/aromatic N) is 1. The number of carbonyl (C=O) groups is 2. The minimum Gasteiger partial charge on any atom is -0.452 e. The number of fused-ring (bicyclic) bond motifs is 1. The van der Waals surface area contributed by atoms with E-state index in [1.807, 2.05) is 12.1 Å². The molecule has 0 bridgehead atoms. The molecule has 1 N–H and O–H groups in total. The van der Waals surface area contributed by atoms with Gasteiger partial charge in [0.25, 0.3) is 5.91 Å². The molecule has 2 aliphatic carbocycles. The number of rotatable bonds is 5. The first-order valence-corrected chi connectivity index (χ1v) is 8.03. The van der Waals surface area contributed by atoms with E-state index in [0.717, 1.165) is 32.1 Å². The highest BCUT2D eigenvalue weighted by atomic mass is 16.5. The van der Waals surface area contributed by atoms with Crippen molar-refractivity contribution >= 4 is 11.9 Å². The molecule has 0 unspecified atom stereocenters. The van der Waals surface area contributed by atoms with E-state index in [1.165, 1.54) is 11.1 Å². The van der Waals surface area contributed by atoms with Crippen LogP contribution in [-0.2, 0) is 22.4 Å². The van der Waals surface area contributed by atoms with Gasteiger partial charge in [-0.05, 0) is 68.2 Å². The highest BCUT2D eigenvalue weighted by Crippen LogP contribution is 2.39. The van der Waals surface area contributed by atoms with Crippen molar-refractivity contribution in [2.45, 2.75) is 44.6 Å². The number of ether oxygens (including phenoxy) is 1. The molecule has 1 aromatic carbocycles. The first kappa shape index (κ1) is 15.5. The van der Waals surface area contributed by atoms with Crippen LogP contribution >= 0.6 is 0 Å². The standard InChI is InChI=1S/C18H20N2O3/c1-18(11-19,15-7-8-15)20-16(21)10-23-17(22)14-6-5-12-3-2-4-13(12)9-14/h5-6,9,15H,2-4,7-8,10H2,1H3,(H,20,21)/t18-/m0/s1. The molecule has 0 heterocycles. The molecule has 5 nitrogen and oxygen atoms in total. The Morgan fingerprint density at radius 1 is 1.35 bits per heavy atom. The van der Waals surface area contributed by atoms with Gasteiger partial charge in [0.05, 0.1) is 11.6 Å². The highest BCUT2D eigenvalue weighted by molar-refractivity contribution is 5.91. The second kappa shape index (κ2) is 6.04. The fourth-order valence-electron chi connectivity index (χ4n) is 3.12. The number of nitrogens with one attached hydrogen (secondary N) is 1. The van der Waals surface area contributed by atoms with Gasteiger partial charge >= 0.3 is 5.97 Å². The number of carbonyl (C=O) groups excluding carboxylic acids is 2. The second-order valence-electron chi connectivity index (χ2n) is 6.55. The summed E-state index contributed by atoms with van der Waals surface area (Å²) in [7, 11) is 0. The Labute approximate surface area is 135 Å². The molecule has 1 fully saturated rings. The van der Waals surface area contributed by atoms with Gasteiger partial charge in [0.1, 0.15) is 5.54 Å². The maximum absolute atomic E-state index is 12.1. The maximum atomic E-state index is 12.1. The van der Waals surface area contributed by atoms with Crippen molar-refractivity contribution in [3.8, 4) is 6.07 Å². The zero-order valence-corrected chi connectivity index (χ0v) is 13.2. The normalized spacial score (nSPS) is 18.4. The van der Waals surface area contributed by atoms with E-state index < -0.39 is 17.4 Å². The number of benzene rings is 1. The van der Waals surface area contributed by atoms with Gasteiger partial charge in [-0.2, -0.15) is 5.26 Å². The minimum absolute atomic E-state index is 0.198. The van der Waals surface area contributed by atoms with Crippen LogP contribution in [-0.4, -0.2) is 24.0 Å². The number of esters is 1. The van der Waals surface area contributed by atoms with E-state index in [-0.39, 0.29) is 12.5 Å².